The predicted octanol–water partition coefficient (Wildman–Crippen LogP) is 5.02. The Kier molecular flexibility index (Phi) is 7.34. The van der Waals surface area contributed by atoms with Crippen molar-refractivity contribution in [3.05, 3.63) is 0 Å². The van der Waals surface area contributed by atoms with E-state index in [1.165, 1.54) is 0 Å². The van der Waals surface area contributed by atoms with Crippen molar-refractivity contribution in [1.82, 2.24) is 9.91 Å². The SMILES string of the molecule is CCCCN1C=NN(CCCC)C1C(Cl)(Cl)C(Cl)(Cl)Cl. The summed E-state index contributed by atoms with van der Waals surface area (Å²) >= 11 is 30.6. The van der Waals surface area contributed by atoms with Gasteiger partial charge in [0.1, 0.15) is 6.34 Å². The van der Waals surface area contributed by atoms with Gasteiger partial charge in [-0.1, -0.05) is 84.7 Å². The fourth-order valence-corrected chi connectivity index (χ4v) is 2.76. The molecule has 0 aliphatic carbocycles. The van der Waals surface area contributed by atoms with Crippen LogP contribution >= 0.6 is 58.0 Å². The number of hydrazone groups is 1. The second-order valence-electron chi connectivity index (χ2n) is 4.83. The Morgan fingerprint density at radius 3 is 2.05 bits per heavy atom. The van der Waals surface area contributed by atoms with Gasteiger partial charge in [0.05, 0.1) is 0 Å². The molecule has 0 N–H and O–H groups in total. The fraction of sp³-hybridized carbons (Fsp3) is 0.917. The van der Waals surface area contributed by atoms with Crippen LogP contribution < -0.4 is 0 Å². The molecule has 20 heavy (non-hydrogen) atoms. The summed E-state index contributed by atoms with van der Waals surface area (Å²) in [5.41, 5.74) is 0. The molecular weight excluding hydrogens is 363 g/mol. The number of hydrogen-bond acceptors (Lipinski definition) is 3. The van der Waals surface area contributed by atoms with Crippen LogP contribution in [0.4, 0.5) is 0 Å². The molecular formula is C12H20Cl5N3. The number of halogens is 5. The highest BCUT2D eigenvalue weighted by Crippen LogP contribution is 2.50. The second-order valence-corrected chi connectivity index (χ2v) is 8.50. The van der Waals surface area contributed by atoms with E-state index in [0.29, 0.717) is 0 Å². The van der Waals surface area contributed by atoms with E-state index < -0.39 is 14.3 Å². The average molecular weight is 384 g/mol. The van der Waals surface area contributed by atoms with Crippen LogP contribution in [0, 0.1) is 0 Å². The molecule has 8 heteroatoms. The van der Waals surface area contributed by atoms with Crippen LogP contribution in [0.3, 0.4) is 0 Å². The van der Waals surface area contributed by atoms with Crippen LogP contribution in [0.15, 0.2) is 5.10 Å². The molecule has 1 unspecified atom stereocenters. The molecule has 1 aliphatic heterocycles. The van der Waals surface area contributed by atoms with Crippen LogP contribution in [0.2, 0.25) is 0 Å². The number of unbranched alkanes of at least 4 members (excludes halogenated alkanes) is 2. The lowest BCUT2D eigenvalue weighted by Crippen LogP contribution is -2.57. The van der Waals surface area contributed by atoms with E-state index in [1.54, 1.807) is 11.3 Å². The van der Waals surface area contributed by atoms with Gasteiger partial charge in [-0.15, -0.1) is 0 Å². The van der Waals surface area contributed by atoms with E-state index in [1.807, 2.05) is 4.90 Å². The van der Waals surface area contributed by atoms with E-state index in [9.17, 15) is 0 Å². The van der Waals surface area contributed by atoms with Gasteiger partial charge < -0.3 is 4.90 Å². The molecule has 0 radical (unpaired) electrons. The van der Waals surface area contributed by atoms with Crippen molar-refractivity contribution in [1.29, 1.82) is 0 Å². The van der Waals surface area contributed by atoms with Crippen LogP contribution in [0.5, 0.6) is 0 Å². The maximum atomic E-state index is 6.37. The summed E-state index contributed by atoms with van der Waals surface area (Å²) in [6, 6.07) is 0. The number of alkyl halides is 5. The largest absolute Gasteiger partial charge is 0.337 e. The van der Waals surface area contributed by atoms with Crippen molar-refractivity contribution >= 4 is 64.3 Å². The van der Waals surface area contributed by atoms with Crippen molar-refractivity contribution < 1.29 is 0 Å². The highest BCUT2D eigenvalue weighted by atomic mass is 35.6. The first-order chi connectivity index (χ1) is 9.25. The zero-order chi connectivity index (χ0) is 15.4. The van der Waals surface area contributed by atoms with E-state index in [4.69, 9.17) is 58.0 Å². The Hall–Kier alpha value is 0.720. The van der Waals surface area contributed by atoms with Crippen molar-refractivity contribution in [2.45, 2.75) is 53.8 Å². The zero-order valence-corrected chi connectivity index (χ0v) is 15.4. The Labute approximate surface area is 146 Å². The third-order valence-corrected chi connectivity index (χ3v) is 5.59. The van der Waals surface area contributed by atoms with E-state index in [2.05, 4.69) is 18.9 Å². The van der Waals surface area contributed by atoms with Crippen LogP contribution in [-0.2, 0) is 0 Å². The molecule has 1 rings (SSSR count). The highest BCUT2D eigenvalue weighted by Gasteiger charge is 2.57. The Morgan fingerprint density at radius 2 is 1.55 bits per heavy atom. The first kappa shape index (κ1) is 18.8. The van der Waals surface area contributed by atoms with E-state index in [-0.39, 0.29) is 0 Å². The van der Waals surface area contributed by atoms with Crippen molar-refractivity contribution in [2.75, 3.05) is 13.1 Å². The van der Waals surface area contributed by atoms with Gasteiger partial charge in [0.25, 0.3) is 0 Å². The van der Waals surface area contributed by atoms with Gasteiger partial charge in [-0.3, -0.25) is 5.01 Å². The molecule has 0 amide bonds. The van der Waals surface area contributed by atoms with Crippen LogP contribution in [0.25, 0.3) is 0 Å². The van der Waals surface area contributed by atoms with Crippen LogP contribution in [0.1, 0.15) is 39.5 Å². The molecule has 0 aromatic rings. The molecule has 0 fully saturated rings. The third kappa shape index (κ3) is 4.36. The highest BCUT2D eigenvalue weighted by molar-refractivity contribution is 6.75. The summed E-state index contributed by atoms with van der Waals surface area (Å²) in [4.78, 5) is 1.95. The molecule has 1 heterocycles. The molecule has 1 atom stereocenters. The lowest BCUT2D eigenvalue weighted by Gasteiger charge is -2.41. The minimum Gasteiger partial charge on any atom is -0.337 e. The lowest BCUT2D eigenvalue weighted by atomic mass is 10.2. The summed E-state index contributed by atoms with van der Waals surface area (Å²) < 4.78 is -3.38. The molecule has 118 valence electrons. The third-order valence-electron chi connectivity index (χ3n) is 3.16. The zero-order valence-electron chi connectivity index (χ0n) is 11.6. The average Bonchev–Trinajstić information content (AvgIpc) is 2.75. The maximum absolute atomic E-state index is 6.37. The standard InChI is InChI=1S/C12H20Cl5N3/c1-3-5-7-19-9-18-20(8-6-4-2)10(19)11(13,14)12(15,16)17/h9-10H,3-8H2,1-2H3. The molecule has 1 aliphatic rings. The summed E-state index contributed by atoms with van der Waals surface area (Å²) in [6.07, 6.45) is 5.31. The lowest BCUT2D eigenvalue weighted by molar-refractivity contribution is 0.113. The van der Waals surface area contributed by atoms with Gasteiger partial charge in [-0.05, 0) is 12.8 Å². The predicted molar refractivity (Wildman–Crippen MR) is 90.2 cm³/mol. The quantitative estimate of drug-likeness (QED) is 0.575. The molecule has 0 spiro atoms. The monoisotopic (exact) mass is 381 g/mol. The topological polar surface area (TPSA) is 18.8 Å². The molecule has 0 aromatic heterocycles. The van der Waals surface area contributed by atoms with E-state index in [0.717, 1.165) is 38.8 Å². The molecule has 0 saturated heterocycles. The van der Waals surface area contributed by atoms with Crippen molar-refractivity contribution in [3.8, 4) is 0 Å². The molecule has 0 bridgehead atoms. The minimum absolute atomic E-state index is 0.476. The van der Waals surface area contributed by atoms with Gasteiger partial charge in [0.2, 0.25) is 8.13 Å². The summed E-state index contributed by atoms with van der Waals surface area (Å²) in [7, 11) is 0. The van der Waals surface area contributed by atoms with Gasteiger partial charge in [0.15, 0.2) is 6.17 Å². The molecule has 3 nitrogen and oxygen atoms in total. The maximum Gasteiger partial charge on any atom is 0.227 e. The summed E-state index contributed by atoms with van der Waals surface area (Å²) in [6.45, 7) is 5.71. The Balaban J connectivity index is 2.91. The van der Waals surface area contributed by atoms with Crippen molar-refractivity contribution in [3.63, 3.8) is 0 Å². The number of nitrogens with zero attached hydrogens (tertiary/aromatic N) is 3. The number of rotatable bonds is 7. The summed E-state index contributed by atoms with van der Waals surface area (Å²) in [5, 5.41) is 6.16. The van der Waals surface area contributed by atoms with Crippen molar-refractivity contribution in [2.24, 2.45) is 5.10 Å². The first-order valence-corrected chi connectivity index (χ1v) is 8.65. The van der Waals surface area contributed by atoms with Crippen LogP contribution in [-0.4, -0.2) is 43.6 Å². The second kappa shape index (κ2) is 7.82. The van der Waals surface area contributed by atoms with Gasteiger partial charge >= 0.3 is 0 Å². The minimum atomic E-state index is -1.80. The normalized spacial score (nSPS) is 20.1. The fourth-order valence-electron chi connectivity index (χ4n) is 1.99. The first-order valence-electron chi connectivity index (χ1n) is 6.76. The Morgan fingerprint density at radius 1 is 1.00 bits per heavy atom. The van der Waals surface area contributed by atoms with Gasteiger partial charge in [-0.2, -0.15) is 5.10 Å². The van der Waals surface area contributed by atoms with Gasteiger partial charge in [-0.25, -0.2) is 0 Å². The molecule has 0 aromatic carbocycles. The molecule has 0 saturated carbocycles. The Bertz CT molecular complexity index is 312. The van der Waals surface area contributed by atoms with Gasteiger partial charge in [0, 0.05) is 13.1 Å². The number of hydrogen-bond donors (Lipinski definition) is 0. The summed E-state index contributed by atoms with van der Waals surface area (Å²) in [5.74, 6) is 0. The smallest absolute Gasteiger partial charge is 0.227 e. The van der Waals surface area contributed by atoms with E-state index >= 15 is 0 Å².